The van der Waals surface area contributed by atoms with Crippen molar-refractivity contribution >= 4 is 46.5 Å². The van der Waals surface area contributed by atoms with Crippen molar-refractivity contribution in [3.8, 4) is 0 Å². The van der Waals surface area contributed by atoms with Crippen LogP contribution in [0.15, 0.2) is 79.9 Å². The number of benzene rings is 2. The number of fused-ring (bicyclic) bond motifs is 1. The van der Waals surface area contributed by atoms with Crippen molar-refractivity contribution in [3.05, 3.63) is 79.9 Å². The van der Waals surface area contributed by atoms with Gasteiger partial charge < -0.3 is 24.7 Å². The summed E-state index contributed by atoms with van der Waals surface area (Å²) in [7, 11) is 0. The summed E-state index contributed by atoms with van der Waals surface area (Å²) in [6.07, 6.45) is 5.24. The first-order valence-corrected chi connectivity index (χ1v) is 17.4. The summed E-state index contributed by atoms with van der Waals surface area (Å²) in [5.74, 6) is -1.85. The van der Waals surface area contributed by atoms with Crippen LogP contribution >= 0.6 is 11.8 Å². The molecule has 3 aliphatic rings. The summed E-state index contributed by atoms with van der Waals surface area (Å²) in [6.45, 7) is 18.1. The van der Waals surface area contributed by atoms with E-state index in [1.165, 1.54) is 0 Å². The lowest BCUT2D eigenvalue weighted by molar-refractivity contribution is -0.142. The molecule has 3 amide bonds. The molecule has 2 unspecified atom stereocenters. The van der Waals surface area contributed by atoms with Crippen molar-refractivity contribution in [3.63, 3.8) is 0 Å². The Morgan fingerprint density at radius 2 is 1.50 bits per heavy atom. The average Bonchev–Trinajstić information content (AvgIpc) is 3.64. The zero-order valence-corrected chi connectivity index (χ0v) is 28.4. The molecule has 9 heteroatoms. The number of rotatable bonds is 14. The van der Waals surface area contributed by atoms with E-state index in [4.69, 9.17) is 0 Å². The number of likely N-dealkylation sites (tertiary alicyclic amines) is 1. The summed E-state index contributed by atoms with van der Waals surface area (Å²) in [6, 6.07) is 16.1. The topological polar surface area (TPSA) is 84.4 Å². The van der Waals surface area contributed by atoms with Crippen LogP contribution in [0.1, 0.15) is 47.0 Å². The minimum atomic E-state index is -0.835. The van der Waals surface area contributed by atoms with Crippen LogP contribution in [0, 0.1) is 11.8 Å². The molecular formula is C37H48N4O4S. The maximum absolute atomic E-state index is 15.0. The van der Waals surface area contributed by atoms with Crippen molar-refractivity contribution in [2.24, 2.45) is 11.8 Å². The average molecular weight is 645 g/mol. The van der Waals surface area contributed by atoms with Gasteiger partial charge in [-0.1, -0.05) is 37.3 Å². The number of aliphatic hydroxyl groups excluding tert-OH is 1. The van der Waals surface area contributed by atoms with Crippen molar-refractivity contribution in [1.82, 2.24) is 4.90 Å². The number of carbonyl (C=O) groups is 3. The number of amides is 3. The van der Waals surface area contributed by atoms with E-state index in [-0.39, 0.29) is 30.9 Å². The van der Waals surface area contributed by atoms with E-state index < -0.39 is 33.4 Å². The fourth-order valence-electron chi connectivity index (χ4n) is 8.09. The largest absolute Gasteiger partial charge is 0.394 e. The maximum Gasteiger partial charge on any atom is 0.251 e. The van der Waals surface area contributed by atoms with E-state index in [9.17, 15) is 19.5 Å². The zero-order chi connectivity index (χ0) is 33.2. The Morgan fingerprint density at radius 1 is 0.935 bits per heavy atom. The van der Waals surface area contributed by atoms with Crippen LogP contribution in [0.2, 0.25) is 0 Å². The van der Waals surface area contributed by atoms with E-state index in [0.717, 1.165) is 30.2 Å². The third kappa shape index (κ3) is 5.45. The van der Waals surface area contributed by atoms with Gasteiger partial charge in [-0.25, -0.2) is 0 Å². The molecule has 1 spiro atoms. The molecule has 0 saturated carbocycles. The molecule has 8 nitrogen and oxygen atoms in total. The number of carbonyl (C=O) groups excluding carboxylic acids is 3. The Labute approximate surface area is 278 Å². The van der Waals surface area contributed by atoms with Gasteiger partial charge in [0.05, 0.1) is 29.2 Å². The number of hydrogen-bond acceptors (Lipinski definition) is 6. The van der Waals surface area contributed by atoms with Crippen LogP contribution in [0.5, 0.6) is 0 Å². The van der Waals surface area contributed by atoms with E-state index in [1.807, 2.05) is 61.5 Å². The highest BCUT2D eigenvalue weighted by atomic mass is 32.2. The first-order chi connectivity index (χ1) is 22.2. The first kappa shape index (κ1) is 33.8. The fourth-order valence-corrected chi connectivity index (χ4v) is 10.4. The molecule has 0 radical (unpaired) electrons. The highest BCUT2D eigenvalue weighted by Crippen LogP contribution is 2.72. The SMILES string of the molecule is C=CCN(C(=O)C1N([C@@H](CC)CO)C(=O)[C@@H]2[C@@H](C(=O)N(CC=C)c3ccccc3)[C@@]3(C)CCC12S3)c1ccc(N(CC)CC)cc1. The van der Waals surface area contributed by atoms with Gasteiger partial charge in [-0.15, -0.1) is 24.9 Å². The van der Waals surface area contributed by atoms with Crippen LogP contribution in [0.4, 0.5) is 17.1 Å². The van der Waals surface area contributed by atoms with E-state index in [1.54, 1.807) is 38.6 Å². The number of para-hydroxylation sites is 1. The number of aliphatic hydroxyl groups is 1. The summed E-state index contributed by atoms with van der Waals surface area (Å²) in [4.78, 5) is 51.7. The van der Waals surface area contributed by atoms with Gasteiger partial charge in [0.1, 0.15) is 6.04 Å². The molecule has 6 atom stereocenters. The number of nitrogens with zero attached hydrogens (tertiary/aromatic N) is 4. The van der Waals surface area contributed by atoms with E-state index >= 15 is 0 Å². The third-order valence-electron chi connectivity index (χ3n) is 10.3. The van der Waals surface area contributed by atoms with Gasteiger partial charge in [0, 0.05) is 48.0 Å². The minimum Gasteiger partial charge on any atom is -0.394 e. The fraction of sp³-hybridized carbons (Fsp3) is 0.486. The molecule has 3 saturated heterocycles. The van der Waals surface area contributed by atoms with Crippen molar-refractivity contribution < 1.29 is 19.5 Å². The molecular weight excluding hydrogens is 596 g/mol. The molecule has 1 N–H and O–H groups in total. The van der Waals surface area contributed by atoms with Gasteiger partial charge in [0.2, 0.25) is 11.8 Å². The normalized spacial score (nSPS) is 26.8. The maximum atomic E-state index is 15.0. The van der Waals surface area contributed by atoms with Gasteiger partial charge in [0.15, 0.2) is 0 Å². The number of hydrogen-bond donors (Lipinski definition) is 1. The van der Waals surface area contributed by atoms with Crippen LogP contribution in [0.3, 0.4) is 0 Å². The lowest BCUT2D eigenvalue weighted by Gasteiger charge is -2.39. The summed E-state index contributed by atoms with van der Waals surface area (Å²) < 4.78 is -1.32. The Morgan fingerprint density at radius 3 is 2.04 bits per heavy atom. The lowest BCUT2D eigenvalue weighted by Crippen LogP contribution is -2.57. The zero-order valence-electron chi connectivity index (χ0n) is 27.6. The Kier molecular flexibility index (Phi) is 10.0. The van der Waals surface area contributed by atoms with Gasteiger partial charge in [-0.3, -0.25) is 14.4 Å². The number of anilines is 3. The molecule has 2 aromatic rings. The lowest BCUT2D eigenvalue weighted by atomic mass is 9.66. The second-order valence-electron chi connectivity index (χ2n) is 12.7. The summed E-state index contributed by atoms with van der Waals surface area (Å²) >= 11 is 1.65. The van der Waals surface area contributed by atoms with Gasteiger partial charge in [0.25, 0.3) is 5.91 Å². The highest BCUT2D eigenvalue weighted by Gasteiger charge is 2.78. The molecule has 5 rings (SSSR count). The second kappa shape index (κ2) is 13.7. The van der Waals surface area contributed by atoms with Gasteiger partial charge in [-0.05, 0) is 76.4 Å². The molecule has 246 valence electrons. The second-order valence-corrected chi connectivity index (χ2v) is 14.6. The van der Waals surface area contributed by atoms with Crippen molar-refractivity contribution in [1.29, 1.82) is 0 Å². The Balaban J connectivity index is 1.59. The van der Waals surface area contributed by atoms with Crippen LogP contribution in [-0.2, 0) is 14.4 Å². The molecule has 0 aliphatic carbocycles. The van der Waals surface area contributed by atoms with Crippen LogP contribution in [-0.4, -0.2) is 82.1 Å². The molecule has 0 aromatic heterocycles. The smallest absolute Gasteiger partial charge is 0.251 e. The molecule has 2 bridgehead atoms. The van der Waals surface area contributed by atoms with Crippen LogP contribution < -0.4 is 14.7 Å². The molecule has 3 fully saturated rings. The summed E-state index contributed by atoms with van der Waals surface area (Å²) in [5, 5.41) is 10.5. The van der Waals surface area contributed by atoms with Crippen molar-refractivity contribution in [2.75, 3.05) is 47.5 Å². The highest BCUT2D eigenvalue weighted by molar-refractivity contribution is 8.02. The van der Waals surface area contributed by atoms with E-state index in [2.05, 4.69) is 38.8 Å². The molecule has 46 heavy (non-hydrogen) atoms. The predicted octanol–water partition coefficient (Wildman–Crippen LogP) is 5.52. The minimum absolute atomic E-state index is 0.124. The third-order valence-corrected chi connectivity index (χ3v) is 12.3. The molecule has 3 heterocycles. The Hall–Kier alpha value is -3.56. The monoisotopic (exact) mass is 644 g/mol. The Bertz CT molecular complexity index is 1440. The van der Waals surface area contributed by atoms with Gasteiger partial charge in [-0.2, -0.15) is 0 Å². The van der Waals surface area contributed by atoms with Crippen molar-refractivity contribution in [2.45, 2.75) is 68.5 Å². The van der Waals surface area contributed by atoms with Crippen LogP contribution in [0.25, 0.3) is 0 Å². The quantitative estimate of drug-likeness (QED) is 0.273. The molecule has 2 aromatic carbocycles. The first-order valence-electron chi connectivity index (χ1n) is 16.5. The predicted molar refractivity (Wildman–Crippen MR) is 188 cm³/mol. The van der Waals surface area contributed by atoms with Gasteiger partial charge >= 0.3 is 0 Å². The van der Waals surface area contributed by atoms with E-state index in [0.29, 0.717) is 25.8 Å². The summed E-state index contributed by atoms with van der Waals surface area (Å²) in [5.41, 5.74) is 2.55. The standard InChI is InChI=1S/C37H48N4O4S/c1-7-23-39(28-15-13-12-14-16-28)33(43)30-31-34(44)41(26(9-3)25-42)32(37(31)22-21-36(30,6)46-37)35(45)40(24-8-2)29-19-17-27(18-20-29)38(10-4)11-5/h7-8,12-20,26,30-32,42H,1-2,9-11,21-25H2,3-6H3/t26-,30-,31-,32?,36+,37?/m0/s1. The number of thioether (sulfide) groups is 1. The molecule has 3 aliphatic heterocycles.